The van der Waals surface area contributed by atoms with Gasteiger partial charge < -0.3 is 9.84 Å². The summed E-state index contributed by atoms with van der Waals surface area (Å²) in [7, 11) is 0. The molecular weight excluding hydrogens is 357 g/mol. The molecule has 1 aromatic heterocycles. The minimum Gasteiger partial charge on any atom is -0.481 e. The highest BCUT2D eigenvalue weighted by atomic mass is 79.9. The molecule has 0 aromatic carbocycles. The van der Waals surface area contributed by atoms with Gasteiger partial charge >= 0.3 is 12.3 Å². The standard InChI is InChI=1S/C10H7BrF5NO3/c11-3-4-5(2-8(18)19)17-6(9(12)13)1-7(4)20-10(14,15)16/h1,9H,2-3H2,(H,18,19). The topological polar surface area (TPSA) is 59.4 Å². The van der Waals surface area contributed by atoms with Gasteiger partial charge in [0.1, 0.15) is 11.4 Å². The van der Waals surface area contributed by atoms with Crippen LogP contribution in [0.5, 0.6) is 5.75 Å². The highest BCUT2D eigenvalue weighted by Gasteiger charge is 2.33. The largest absolute Gasteiger partial charge is 0.573 e. The van der Waals surface area contributed by atoms with E-state index >= 15 is 0 Å². The van der Waals surface area contributed by atoms with E-state index < -0.39 is 42.3 Å². The van der Waals surface area contributed by atoms with Gasteiger partial charge in [-0.15, -0.1) is 13.2 Å². The van der Waals surface area contributed by atoms with E-state index in [2.05, 4.69) is 25.7 Å². The molecule has 0 aliphatic heterocycles. The maximum Gasteiger partial charge on any atom is 0.573 e. The van der Waals surface area contributed by atoms with Gasteiger partial charge in [-0.25, -0.2) is 8.78 Å². The second-order valence-corrected chi connectivity index (χ2v) is 4.08. The quantitative estimate of drug-likeness (QED) is 0.643. The van der Waals surface area contributed by atoms with Crippen LogP contribution in [0.2, 0.25) is 0 Å². The van der Waals surface area contributed by atoms with Crippen LogP contribution in [0.25, 0.3) is 0 Å². The summed E-state index contributed by atoms with van der Waals surface area (Å²) in [5.74, 6) is -2.31. The van der Waals surface area contributed by atoms with Crippen molar-refractivity contribution in [3.05, 3.63) is 23.0 Å². The summed E-state index contributed by atoms with van der Waals surface area (Å²) in [6.45, 7) is 0. The second-order valence-electron chi connectivity index (χ2n) is 3.52. The van der Waals surface area contributed by atoms with Crippen molar-refractivity contribution in [1.29, 1.82) is 0 Å². The SMILES string of the molecule is O=C(O)Cc1nc(C(F)F)cc(OC(F)(F)F)c1CBr. The maximum atomic E-state index is 12.6. The van der Waals surface area contributed by atoms with Crippen molar-refractivity contribution in [2.45, 2.75) is 24.5 Å². The molecule has 0 saturated heterocycles. The molecule has 0 spiro atoms. The molecule has 112 valence electrons. The number of rotatable bonds is 5. The minimum absolute atomic E-state index is 0.225. The van der Waals surface area contributed by atoms with E-state index in [-0.39, 0.29) is 10.9 Å². The first-order valence-corrected chi connectivity index (χ1v) is 6.10. The summed E-state index contributed by atoms with van der Waals surface area (Å²) in [6.07, 6.45) is -9.03. The van der Waals surface area contributed by atoms with Gasteiger partial charge in [0, 0.05) is 17.0 Å². The Morgan fingerprint density at radius 3 is 2.45 bits per heavy atom. The average molecular weight is 364 g/mol. The summed E-state index contributed by atoms with van der Waals surface area (Å²) in [6, 6.07) is 0.445. The fourth-order valence-corrected chi connectivity index (χ4v) is 1.98. The molecule has 0 unspecified atom stereocenters. The predicted octanol–water partition coefficient (Wildman–Crippen LogP) is 3.44. The van der Waals surface area contributed by atoms with Crippen LogP contribution in [0, 0.1) is 0 Å². The van der Waals surface area contributed by atoms with Crippen LogP contribution in [0.1, 0.15) is 23.4 Å². The Balaban J connectivity index is 3.38. The maximum absolute atomic E-state index is 12.6. The van der Waals surface area contributed by atoms with Gasteiger partial charge in [-0.05, 0) is 0 Å². The summed E-state index contributed by atoms with van der Waals surface area (Å²) >= 11 is 2.85. The number of hydrogen-bond acceptors (Lipinski definition) is 3. The Kier molecular flexibility index (Phi) is 5.26. The van der Waals surface area contributed by atoms with Gasteiger partial charge in [0.05, 0.1) is 12.1 Å². The summed E-state index contributed by atoms with van der Waals surface area (Å²) in [4.78, 5) is 14.0. The lowest BCUT2D eigenvalue weighted by atomic mass is 10.1. The van der Waals surface area contributed by atoms with Gasteiger partial charge in [0.2, 0.25) is 0 Å². The summed E-state index contributed by atoms with van der Waals surface area (Å²) in [5, 5.41) is 8.41. The van der Waals surface area contributed by atoms with Gasteiger partial charge in [0.25, 0.3) is 6.43 Å². The molecule has 0 saturated carbocycles. The van der Waals surface area contributed by atoms with E-state index in [1.807, 2.05) is 0 Å². The van der Waals surface area contributed by atoms with Gasteiger partial charge in [-0.1, -0.05) is 15.9 Å². The smallest absolute Gasteiger partial charge is 0.481 e. The molecule has 4 nitrogen and oxygen atoms in total. The number of aliphatic carboxylic acids is 1. The van der Waals surface area contributed by atoms with Gasteiger partial charge in [-0.3, -0.25) is 9.78 Å². The molecule has 1 aromatic rings. The van der Waals surface area contributed by atoms with Crippen LogP contribution >= 0.6 is 15.9 Å². The number of nitrogens with zero attached hydrogens (tertiary/aromatic N) is 1. The van der Waals surface area contributed by atoms with Crippen LogP contribution in [0.15, 0.2) is 6.07 Å². The number of carboxylic acid groups (broad SMARTS) is 1. The molecule has 0 aliphatic carbocycles. The third kappa shape index (κ3) is 4.58. The van der Waals surface area contributed by atoms with E-state index in [0.29, 0.717) is 6.07 Å². The van der Waals surface area contributed by atoms with E-state index in [1.54, 1.807) is 0 Å². The van der Waals surface area contributed by atoms with Crippen molar-refractivity contribution in [2.75, 3.05) is 0 Å². The molecule has 0 radical (unpaired) electrons. The molecule has 10 heteroatoms. The molecular formula is C10H7BrF5NO3. The molecule has 0 bridgehead atoms. The second kappa shape index (κ2) is 6.33. The van der Waals surface area contributed by atoms with Crippen molar-refractivity contribution in [3.63, 3.8) is 0 Å². The molecule has 1 rings (SSSR count). The Hall–Kier alpha value is -1.45. The zero-order valence-corrected chi connectivity index (χ0v) is 11.1. The van der Waals surface area contributed by atoms with Crippen molar-refractivity contribution >= 4 is 21.9 Å². The highest BCUT2D eigenvalue weighted by molar-refractivity contribution is 9.08. The molecule has 1 heterocycles. The molecule has 20 heavy (non-hydrogen) atoms. The van der Waals surface area contributed by atoms with Crippen molar-refractivity contribution in [3.8, 4) is 5.75 Å². The Morgan fingerprint density at radius 2 is 2.05 bits per heavy atom. The molecule has 0 amide bonds. The lowest BCUT2D eigenvalue weighted by molar-refractivity contribution is -0.274. The van der Waals surface area contributed by atoms with Crippen molar-refractivity contribution in [2.24, 2.45) is 0 Å². The monoisotopic (exact) mass is 363 g/mol. The zero-order chi connectivity index (χ0) is 15.5. The number of hydrogen-bond donors (Lipinski definition) is 1. The van der Waals surface area contributed by atoms with E-state index in [9.17, 15) is 26.7 Å². The Labute approximate surface area is 117 Å². The summed E-state index contributed by atoms with van der Waals surface area (Å²) < 4.78 is 65.5. The summed E-state index contributed by atoms with van der Waals surface area (Å²) in [5.41, 5.74) is -1.63. The lowest BCUT2D eigenvalue weighted by Gasteiger charge is -2.16. The third-order valence-corrected chi connectivity index (χ3v) is 2.65. The lowest BCUT2D eigenvalue weighted by Crippen LogP contribution is -2.19. The average Bonchev–Trinajstić information content (AvgIpc) is 2.25. The molecule has 1 N–H and O–H groups in total. The van der Waals surface area contributed by atoms with Gasteiger partial charge in [0.15, 0.2) is 0 Å². The fraction of sp³-hybridized carbons (Fsp3) is 0.400. The number of carbonyl (C=O) groups is 1. The Bertz CT molecular complexity index is 506. The van der Waals surface area contributed by atoms with E-state index in [4.69, 9.17) is 5.11 Å². The van der Waals surface area contributed by atoms with Crippen molar-refractivity contribution in [1.82, 2.24) is 4.98 Å². The molecule has 0 fully saturated rings. The molecule has 0 aliphatic rings. The first-order valence-electron chi connectivity index (χ1n) is 4.98. The molecule has 0 atom stereocenters. The van der Waals surface area contributed by atoms with Crippen LogP contribution in [-0.2, 0) is 16.5 Å². The highest BCUT2D eigenvalue weighted by Crippen LogP contribution is 2.33. The van der Waals surface area contributed by atoms with Crippen LogP contribution in [-0.4, -0.2) is 22.4 Å². The normalized spacial score (nSPS) is 11.8. The minimum atomic E-state index is -5.09. The first-order chi connectivity index (χ1) is 9.14. The van der Waals surface area contributed by atoms with Crippen LogP contribution in [0.3, 0.4) is 0 Å². The Morgan fingerprint density at radius 1 is 1.45 bits per heavy atom. The number of pyridine rings is 1. The number of ether oxygens (including phenoxy) is 1. The van der Waals surface area contributed by atoms with Crippen molar-refractivity contribution < 1.29 is 36.6 Å². The fourth-order valence-electron chi connectivity index (χ4n) is 1.38. The van der Waals surface area contributed by atoms with Crippen LogP contribution < -0.4 is 4.74 Å². The first kappa shape index (κ1) is 16.6. The van der Waals surface area contributed by atoms with E-state index in [0.717, 1.165) is 0 Å². The zero-order valence-electron chi connectivity index (χ0n) is 9.55. The van der Waals surface area contributed by atoms with Crippen LogP contribution in [0.4, 0.5) is 22.0 Å². The number of alkyl halides is 6. The predicted molar refractivity (Wildman–Crippen MR) is 59.8 cm³/mol. The number of aromatic nitrogens is 1. The third-order valence-electron chi connectivity index (χ3n) is 2.09. The van der Waals surface area contributed by atoms with E-state index in [1.165, 1.54) is 0 Å². The van der Waals surface area contributed by atoms with Gasteiger partial charge in [-0.2, -0.15) is 0 Å². The number of halogens is 6. The number of carboxylic acids is 1.